The average Bonchev–Trinajstić information content (AvgIpc) is 3.38. The number of ether oxygens (including phenoxy) is 2. The van der Waals surface area contributed by atoms with Crippen LogP contribution >= 0.6 is 24.0 Å². The Morgan fingerprint density at radius 3 is 2.77 bits per heavy atom. The van der Waals surface area contributed by atoms with E-state index in [1.165, 1.54) is 4.31 Å². The first-order valence-electron chi connectivity index (χ1n) is 10.1. The van der Waals surface area contributed by atoms with Crippen molar-refractivity contribution in [3.8, 4) is 11.5 Å². The van der Waals surface area contributed by atoms with Crippen LogP contribution in [0.15, 0.2) is 47.5 Å². The van der Waals surface area contributed by atoms with Crippen LogP contribution in [0.5, 0.6) is 11.5 Å². The second-order valence-electron chi connectivity index (χ2n) is 7.08. The minimum Gasteiger partial charge on any atom is -0.454 e. The van der Waals surface area contributed by atoms with Crippen molar-refractivity contribution in [1.82, 2.24) is 10.6 Å². The van der Waals surface area contributed by atoms with E-state index >= 15 is 0 Å². The summed E-state index contributed by atoms with van der Waals surface area (Å²) in [5, 5.41) is 6.28. The number of fused-ring (bicyclic) bond motifs is 2. The summed E-state index contributed by atoms with van der Waals surface area (Å²) in [6, 6.07) is 13.4. The fourth-order valence-electron chi connectivity index (χ4n) is 3.56. The van der Waals surface area contributed by atoms with Crippen LogP contribution in [0.25, 0.3) is 0 Å². The maximum Gasteiger partial charge on any atom is 0.236 e. The number of hydrogen-bond donors (Lipinski definition) is 2. The monoisotopic (exact) mass is 558 g/mol. The zero-order valence-corrected chi connectivity index (χ0v) is 20.5. The summed E-state index contributed by atoms with van der Waals surface area (Å²) >= 11 is 0. The fourth-order valence-corrected chi connectivity index (χ4v) is 4.98. The van der Waals surface area contributed by atoms with E-state index in [0.29, 0.717) is 25.6 Å². The number of benzene rings is 2. The minimum absolute atomic E-state index is 0. The molecule has 4 rings (SSSR count). The molecule has 0 fully saturated rings. The Morgan fingerprint density at radius 2 is 1.94 bits per heavy atom. The molecule has 0 radical (unpaired) electrons. The third-order valence-corrected chi connectivity index (χ3v) is 6.80. The summed E-state index contributed by atoms with van der Waals surface area (Å²) in [6.45, 7) is 4.10. The number of para-hydroxylation sites is 1. The second-order valence-corrected chi connectivity index (χ2v) is 9.09. The van der Waals surface area contributed by atoms with E-state index in [1.807, 2.05) is 49.4 Å². The molecule has 2 aliphatic rings. The Morgan fingerprint density at radius 1 is 1.13 bits per heavy atom. The molecule has 31 heavy (non-hydrogen) atoms. The standard InChI is InChI=1S/C21H26N4O4S.HI/c1-2-22-21(24-14-16-7-8-19-20(13-16)29-15-28-19)23-10-12-30(26,27)25-11-9-17-5-3-4-6-18(17)25;/h3-8,13H,2,9-12,14-15H2,1H3,(H2,22,23,24);1H. The van der Waals surface area contributed by atoms with Gasteiger partial charge in [-0.15, -0.1) is 24.0 Å². The Hall–Kier alpha value is -2.21. The van der Waals surface area contributed by atoms with Crippen molar-refractivity contribution in [2.75, 3.05) is 36.5 Å². The quantitative estimate of drug-likeness (QED) is 0.309. The lowest BCUT2D eigenvalue weighted by Gasteiger charge is -2.20. The summed E-state index contributed by atoms with van der Waals surface area (Å²) in [6.07, 6.45) is 0.752. The molecule has 2 aliphatic heterocycles. The largest absolute Gasteiger partial charge is 0.454 e. The Kier molecular flexibility index (Phi) is 7.87. The summed E-state index contributed by atoms with van der Waals surface area (Å²) < 4.78 is 37.9. The first-order chi connectivity index (χ1) is 14.6. The van der Waals surface area contributed by atoms with Crippen molar-refractivity contribution in [2.45, 2.75) is 19.9 Å². The number of hydrogen-bond acceptors (Lipinski definition) is 5. The summed E-state index contributed by atoms with van der Waals surface area (Å²) in [4.78, 5) is 4.55. The predicted molar refractivity (Wildman–Crippen MR) is 132 cm³/mol. The lowest BCUT2D eigenvalue weighted by Crippen LogP contribution is -2.42. The molecule has 0 saturated carbocycles. The Bertz CT molecular complexity index is 1050. The van der Waals surface area contributed by atoms with Crippen molar-refractivity contribution in [1.29, 1.82) is 0 Å². The van der Waals surface area contributed by atoms with E-state index in [2.05, 4.69) is 15.6 Å². The van der Waals surface area contributed by atoms with E-state index < -0.39 is 10.0 Å². The molecule has 0 amide bonds. The molecular formula is C21H27IN4O4S. The highest BCUT2D eigenvalue weighted by Crippen LogP contribution is 2.32. The lowest BCUT2D eigenvalue weighted by molar-refractivity contribution is 0.174. The van der Waals surface area contributed by atoms with Gasteiger partial charge in [0.05, 0.1) is 18.0 Å². The van der Waals surface area contributed by atoms with Crippen molar-refractivity contribution < 1.29 is 17.9 Å². The zero-order chi connectivity index (χ0) is 21.0. The minimum atomic E-state index is -3.40. The van der Waals surface area contributed by atoms with Crippen LogP contribution in [-0.2, 0) is 23.0 Å². The molecule has 2 N–H and O–H groups in total. The van der Waals surface area contributed by atoms with E-state index in [-0.39, 0.29) is 43.1 Å². The van der Waals surface area contributed by atoms with Crippen molar-refractivity contribution in [3.05, 3.63) is 53.6 Å². The summed E-state index contributed by atoms with van der Waals surface area (Å²) in [5.74, 6) is 2.03. The summed E-state index contributed by atoms with van der Waals surface area (Å²) in [7, 11) is -3.40. The van der Waals surface area contributed by atoms with Crippen LogP contribution in [0.2, 0.25) is 0 Å². The molecule has 2 aromatic rings. The van der Waals surface area contributed by atoms with E-state index in [4.69, 9.17) is 9.47 Å². The first-order valence-corrected chi connectivity index (χ1v) is 11.7. The van der Waals surface area contributed by atoms with Crippen LogP contribution in [0.1, 0.15) is 18.1 Å². The second kappa shape index (κ2) is 10.4. The van der Waals surface area contributed by atoms with Crippen LogP contribution in [0.4, 0.5) is 5.69 Å². The van der Waals surface area contributed by atoms with Gasteiger partial charge in [0.1, 0.15) is 0 Å². The Labute approximate surface area is 200 Å². The normalized spacial score (nSPS) is 14.7. The Balaban J connectivity index is 0.00000272. The number of aliphatic imine (C=N–C) groups is 1. The molecule has 0 unspecified atom stereocenters. The first kappa shape index (κ1) is 23.5. The third-order valence-electron chi connectivity index (χ3n) is 5.03. The van der Waals surface area contributed by atoms with Crippen LogP contribution in [-0.4, -0.2) is 46.6 Å². The molecule has 2 aromatic carbocycles. The van der Waals surface area contributed by atoms with Crippen LogP contribution in [0, 0.1) is 0 Å². The maximum absolute atomic E-state index is 12.8. The molecule has 0 atom stereocenters. The van der Waals surface area contributed by atoms with Crippen LogP contribution < -0.4 is 24.4 Å². The molecule has 2 heterocycles. The van der Waals surface area contributed by atoms with Gasteiger partial charge in [-0.1, -0.05) is 24.3 Å². The molecule has 0 bridgehead atoms. The van der Waals surface area contributed by atoms with Gasteiger partial charge in [-0.25, -0.2) is 13.4 Å². The highest BCUT2D eigenvalue weighted by molar-refractivity contribution is 14.0. The van der Waals surface area contributed by atoms with Crippen LogP contribution in [0.3, 0.4) is 0 Å². The van der Waals surface area contributed by atoms with Gasteiger partial charge in [0, 0.05) is 19.6 Å². The predicted octanol–water partition coefficient (Wildman–Crippen LogP) is 2.48. The molecule has 0 saturated heterocycles. The topological polar surface area (TPSA) is 92.3 Å². The molecule has 0 spiro atoms. The number of halogens is 1. The average molecular weight is 558 g/mol. The van der Waals surface area contributed by atoms with Gasteiger partial charge in [-0.05, 0) is 42.7 Å². The molecular weight excluding hydrogens is 531 g/mol. The molecule has 0 aromatic heterocycles. The van der Waals surface area contributed by atoms with Gasteiger partial charge < -0.3 is 20.1 Å². The molecule has 0 aliphatic carbocycles. The highest BCUT2D eigenvalue weighted by atomic mass is 127. The van der Waals surface area contributed by atoms with Gasteiger partial charge in [-0.2, -0.15) is 0 Å². The fraction of sp³-hybridized carbons (Fsp3) is 0.381. The van der Waals surface area contributed by atoms with Crippen molar-refractivity contribution in [3.63, 3.8) is 0 Å². The van der Waals surface area contributed by atoms with Crippen molar-refractivity contribution >= 4 is 45.6 Å². The smallest absolute Gasteiger partial charge is 0.236 e. The number of nitrogens with one attached hydrogen (secondary N) is 2. The molecule has 10 heteroatoms. The van der Waals surface area contributed by atoms with E-state index in [1.54, 1.807) is 0 Å². The number of sulfonamides is 1. The van der Waals surface area contributed by atoms with Crippen molar-refractivity contribution in [2.24, 2.45) is 4.99 Å². The van der Waals surface area contributed by atoms with Gasteiger partial charge in [0.15, 0.2) is 17.5 Å². The molecule has 168 valence electrons. The number of anilines is 1. The SMILES string of the molecule is CCNC(=NCc1ccc2c(c1)OCO2)NCCS(=O)(=O)N1CCc2ccccc21.I. The van der Waals surface area contributed by atoms with Gasteiger partial charge in [-0.3, -0.25) is 4.31 Å². The number of nitrogens with zero attached hydrogens (tertiary/aromatic N) is 2. The van der Waals surface area contributed by atoms with E-state index in [9.17, 15) is 8.42 Å². The number of guanidine groups is 1. The summed E-state index contributed by atoms with van der Waals surface area (Å²) in [5.41, 5.74) is 2.85. The van der Waals surface area contributed by atoms with Gasteiger partial charge in [0.25, 0.3) is 0 Å². The zero-order valence-electron chi connectivity index (χ0n) is 17.3. The maximum atomic E-state index is 12.8. The molecule has 8 nitrogen and oxygen atoms in total. The highest BCUT2D eigenvalue weighted by Gasteiger charge is 2.28. The van der Waals surface area contributed by atoms with Gasteiger partial charge >= 0.3 is 0 Å². The van der Waals surface area contributed by atoms with E-state index in [0.717, 1.165) is 34.7 Å². The third kappa shape index (κ3) is 5.53. The number of rotatable bonds is 7. The lowest BCUT2D eigenvalue weighted by atomic mass is 10.2. The van der Waals surface area contributed by atoms with Gasteiger partial charge in [0.2, 0.25) is 16.8 Å².